The number of carbonyl (C=O) groups excluding carboxylic acids is 1. The summed E-state index contributed by atoms with van der Waals surface area (Å²) in [6.45, 7) is 7.84. The quantitative estimate of drug-likeness (QED) is 0.540. The average Bonchev–Trinajstić information content (AvgIpc) is 3.23. The summed E-state index contributed by atoms with van der Waals surface area (Å²) in [5.41, 5.74) is 4.48. The van der Waals surface area contributed by atoms with Gasteiger partial charge in [0.15, 0.2) is 5.82 Å². The van der Waals surface area contributed by atoms with E-state index in [2.05, 4.69) is 15.3 Å². The second-order valence-electron chi connectivity index (χ2n) is 8.04. The van der Waals surface area contributed by atoms with Gasteiger partial charge in [0.25, 0.3) is 11.5 Å². The van der Waals surface area contributed by atoms with Crippen LogP contribution < -0.4 is 10.9 Å². The van der Waals surface area contributed by atoms with Gasteiger partial charge in [0.1, 0.15) is 0 Å². The number of pyridine rings is 2. The molecule has 0 saturated heterocycles. The third-order valence-electron chi connectivity index (χ3n) is 5.46. The van der Waals surface area contributed by atoms with E-state index in [1.807, 2.05) is 62.6 Å². The van der Waals surface area contributed by atoms with E-state index in [-0.39, 0.29) is 17.5 Å². The van der Waals surface area contributed by atoms with Crippen LogP contribution in [0.3, 0.4) is 0 Å². The van der Waals surface area contributed by atoms with Gasteiger partial charge >= 0.3 is 0 Å². The minimum Gasteiger partial charge on any atom is -0.324 e. The van der Waals surface area contributed by atoms with Crippen molar-refractivity contribution >= 4 is 22.5 Å². The lowest BCUT2D eigenvalue weighted by molar-refractivity contribution is 0.101. The second-order valence-corrected chi connectivity index (χ2v) is 8.04. The van der Waals surface area contributed by atoms with Crippen LogP contribution >= 0.6 is 0 Å². The number of fused-ring (bicyclic) bond motifs is 1. The van der Waals surface area contributed by atoms with E-state index in [1.54, 1.807) is 30.2 Å². The van der Waals surface area contributed by atoms with E-state index in [0.717, 1.165) is 27.7 Å². The number of nitrogens with one attached hydrogen (secondary N) is 1. The summed E-state index contributed by atoms with van der Waals surface area (Å²) in [6, 6.07) is 9.45. The molecule has 0 spiro atoms. The van der Waals surface area contributed by atoms with Gasteiger partial charge in [-0.15, -0.1) is 0 Å². The van der Waals surface area contributed by atoms with Crippen LogP contribution in [-0.4, -0.2) is 25.0 Å². The summed E-state index contributed by atoms with van der Waals surface area (Å²) in [5.74, 6) is 0.0554. The minimum atomic E-state index is -0.292. The number of hydrogen-bond acceptors (Lipinski definition) is 4. The van der Waals surface area contributed by atoms with Crippen LogP contribution in [-0.2, 0) is 7.05 Å². The van der Waals surface area contributed by atoms with Gasteiger partial charge in [-0.3, -0.25) is 14.6 Å². The Kier molecular flexibility index (Phi) is 5.19. The van der Waals surface area contributed by atoms with Crippen LogP contribution in [0.15, 0.2) is 53.7 Å². The standard InChI is InChI=1S/C24H25N5O2/c1-14(2)29-9-8-25-22(29)23(30)27-18-7-6-15(3)19(12-18)20-11-17-13-26-16(4)10-21(17)28(5)24(20)31/h6-14H,1-5H3,(H,27,30). The van der Waals surface area contributed by atoms with Crippen molar-refractivity contribution in [3.63, 3.8) is 0 Å². The number of aryl methyl sites for hydroxylation is 3. The first-order valence-corrected chi connectivity index (χ1v) is 10.2. The fraction of sp³-hybridized carbons (Fsp3) is 0.250. The van der Waals surface area contributed by atoms with Gasteiger partial charge in [0.2, 0.25) is 0 Å². The zero-order valence-corrected chi connectivity index (χ0v) is 18.3. The van der Waals surface area contributed by atoms with Crippen LogP contribution in [0, 0.1) is 13.8 Å². The Bertz CT molecular complexity index is 1360. The van der Waals surface area contributed by atoms with E-state index in [1.165, 1.54) is 0 Å². The molecular weight excluding hydrogens is 390 g/mol. The minimum absolute atomic E-state index is 0.0972. The first kappa shape index (κ1) is 20.5. The molecule has 1 amide bonds. The monoisotopic (exact) mass is 415 g/mol. The number of imidazole rings is 1. The number of nitrogens with zero attached hydrogens (tertiary/aromatic N) is 4. The molecule has 0 saturated carbocycles. The zero-order chi connectivity index (χ0) is 22.3. The fourth-order valence-electron chi connectivity index (χ4n) is 3.74. The molecule has 3 aromatic heterocycles. The predicted octanol–water partition coefficient (Wildman–Crippen LogP) is 4.25. The van der Waals surface area contributed by atoms with Gasteiger partial charge in [-0.05, 0) is 63.1 Å². The van der Waals surface area contributed by atoms with Crippen molar-refractivity contribution in [2.75, 3.05) is 5.32 Å². The number of benzene rings is 1. The highest BCUT2D eigenvalue weighted by molar-refractivity contribution is 6.02. The Morgan fingerprint density at radius 3 is 2.58 bits per heavy atom. The van der Waals surface area contributed by atoms with Crippen molar-refractivity contribution < 1.29 is 4.79 Å². The van der Waals surface area contributed by atoms with Crippen molar-refractivity contribution in [3.8, 4) is 11.1 Å². The molecule has 0 atom stereocenters. The molecule has 7 heteroatoms. The normalized spacial score (nSPS) is 11.3. The topological polar surface area (TPSA) is 81.8 Å². The molecule has 1 aromatic carbocycles. The molecule has 4 aromatic rings. The van der Waals surface area contributed by atoms with E-state index in [9.17, 15) is 9.59 Å². The van der Waals surface area contributed by atoms with Crippen LogP contribution in [0.25, 0.3) is 22.0 Å². The Hall–Kier alpha value is -3.74. The molecule has 0 unspecified atom stereocenters. The second kappa shape index (κ2) is 7.83. The number of hydrogen-bond donors (Lipinski definition) is 1. The van der Waals surface area contributed by atoms with Gasteiger partial charge in [0, 0.05) is 54.0 Å². The highest BCUT2D eigenvalue weighted by atomic mass is 16.2. The van der Waals surface area contributed by atoms with Gasteiger partial charge < -0.3 is 14.5 Å². The van der Waals surface area contributed by atoms with Gasteiger partial charge in [0.05, 0.1) is 5.52 Å². The van der Waals surface area contributed by atoms with Crippen LogP contribution in [0.5, 0.6) is 0 Å². The molecule has 3 heterocycles. The molecule has 7 nitrogen and oxygen atoms in total. The van der Waals surface area contributed by atoms with Crippen LogP contribution in [0.1, 0.15) is 41.8 Å². The number of rotatable bonds is 4. The smallest absolute Gasteiger partial charge is 0.291 e. The van der Waals surface area contributed by atoms with Crippen LogP contribution in [0.4, 0.5) is 5.69 Å². The van der Waals surface area contributed by atoms with Gasteiger partial charge in [-0.1, -0.05) is 6.07 Å². The largest absolute Gasteiger partial charge is 0.324 e. The van der Waals surface area contributed by atoms with E-state index in [0.29, 0.717) is 17.1 Å². The number of amides is 1. The van der Waals surface area contributed by atoms with E-state index in [4.69, 9.17) is 0 Å². The fourth-order valence-corrected chi connectivity index (χ4v) is 3.74. The maximum absolute atomic E-state index is 13.1. The summed E-state index contributed by atoms with van der Waals surface area (Å²) in [7, 11) is 1.76. The molecule has 0 fully saturated rings. The van der Waals surface area contributed by atoms with E-state index < -0.39 is 0 Å². The molecule has 31 heavy (non-hydrogen) atoms. The predicted molar refractivity (Wildman–Crippen MR) is 122 cm³/mol. The highest BCUT2D eigenvalue weighted by Gasteiger charge is 2.17. The summed E-state index contributed by atoms with van der Waals surface area (Å²) in [5, 5.41) is 3.80. The molecule has 0 bridgehead atoms. The maximum Gasteiger partial charge on any atom is 0.291 e. The lowest BCUT2D eigenvalue weighted by Gasteiger charge is -2.14. The molecule has 0 aliphatic heterocycles. The zero-order valence-electron chi connectivity index (χ0n) is 18.3. The van der Waals surface area contributed by atoms with Crippen molar-refractivity contribution in [2.45, 2.75) is 33.7 Å². The molecule has 1 N–H and O–H groups in total. The lowest BCUT2D eigenvalue weighted by atomic mass is 9.99. The van der Waals surface area contributed by atoms with Crippen molar-refractivity contribution in [1.29, 1.82) is 0 Å². The first-order chi connectivity index (χ1) is 14.8. The van der Waals surface area contributed by atoms with Crippen molar-refractivity contribution in [3.05, 3.63) is 76.4 Å². The maximum atomic E-state index is 13.1. The highest BCUT2D eigenvalue weighted by Crippen LogP contribution is 2.27. The number of carbonyl (C=O) groups is 1. The number of anilines is 1. The Morgan fingerprint density at radius 2 is 1.84 bits per heavy atom. The van der Waals surface area contributed by atoms with Gasteiger partial charge in [-0.2, -0.15) is 0 Å². The van der Waals surface area contributed by atoms with E-state index >= 15 is 0 Å². The Labute approximate surface area is 180 Å². The van der Waals surface area contributed by atoms with Gasteiger partial charge in [-0.25, -0.2) is 4.98 Å². The molecule has 0 radical (unpaired) electrons. The summed E-state index contributed by atoms with van der Waals surface area (Å²) in [6.07, 6.45) is 5.18. The Balaban J connectivity index is 1.76. The molecule has 4 rings (SSSR count). The molecule has 0 aliphatic carbocycles. The molecule has 158 valence electrons. The molecular formula is C24H25N5O2. The molecule has 0 aliphatic rings. The summed E-state index contributed by atoms with van der Waals surface area (Å²) in [4.78, 5) is 34.5. The van der Waals surface area contributed by atoms with Crippen molar-refractivity contribution in [2.24, 2.45) is 7.05 Å². The number of aromatic nitrogens is 4. The lowest BCUT2D eigenvalue weighted by Crippen LogP contribution is -2.20. The average molecular weight is 415 g/mol. The van der Waals surface area contributed by atoms with Crippen molar-refractivity contribution in [1.82, 2.24) is 19.1 Å². The SMILES string of the molecule is Cc1cc2c(cn1)cc(-c1cc(NC(=O)c3nccn3C(C)C)ccc1C)c(=O)n2C. The summed E-state index contributed by atoms with van der Waals surface area (Å²) >= 11 is 0. The first-order valence-electron chi connectivity index (χ1n) is 10.2. The summed E-state index contributed by atoms with van der Waals surface area (Å²) < 4.78 is 3.46. The van der Waals surface area contributed by atoms with Crippen LogP contribution in [0.2, 0.25) is 0 Å². The third-order valence-corrected chi connectivity index (χ3v) is 5.46. The Morgan fingerprint density at radius 1 is 1.06 bits per heavy atom. The third kappa shape index (κ3) is 3.74.